The number of hydrogen-bond donors (Lipinski definition) is 1. The highest BCUT2D eigenvalue weighted by Crippen LogP contribution is 2.31. The van der Waals surface area contributed by atoms with Gasteiger partial charge in [0, 0.05) is 11.1 Å². The molecule has 3 aromatic rings. The molecule has 2 aromatic carbocycles. The van der Waals surface area contributed by atoms with Crippen LogP contribution in [0.25, 0.3) is 21.1 Å². The van der Waals surface area contributed by atoms with Crippen LogP contribution in [0, 0.1) is 5.92 Å². The summed E-state index contributed by atoms with van der Waals surface area (Å²) in [6.45, 7) is 4.91. The lowest BCUT2D eigenvalue weighted by Gasteiger charge is -2.08. The summed E-state index contributed by atoms with van der Waals surface area (Å²) in [7, 11) is 0. The van der Waals surface area contributed by atoms with Crippen LogP contribution in [0.15, 0.2) is 48.5 Å². The monoisotopic (exact) mass is 354 g/mol. The molecule has 1 N–H and O–H groups in total. The molecular formula is C19H18N2O3S. The Hall–Kier alpha value is -2.73. The lowest BCUT2D eigenvalue weighted by atomic mass is 10.1. The molecule has 0 atom stereocenters. The van der Waals surface area contributed by atoms with Gasteiger partial charge in [-0.1, -0.05) is 37.3 Å². The topological polar surface area (TPSA) is 72.3 Å². The smallest absolute Gasteiger partial charge is 0.335 e. The predicted molar refractivity (Wildman–Crippen MR) is 98.1 cm³/mol. The molecule has 0 fully saturated rings. The third-order valence-corrected chi connectivity index (χ3v) is 4.51. The Morgan fingerprint density at radius 2 is 1.52 bits per heavy atom. The normalized spacial score (nSPS) is 10.8. The van der Waals surface area contributed by atoms with Gasteiger partial charge in [0.15, 0.2) is 0 Å². The summed E-state index contributed by atoms with van der Waals surface area (Å²) in [5.74, 6) is 0.383. The number of hydrogen-bond acceptors (Lipinski definition) is 5. The van der Waals surface area contributed by atoms with Crippen LogP contribution in [0.4, 0.5) is 0 Å². The van der Waals surface area contributed by atoms with Gasteiger partial charge in [-0.15, -0.1) is 10.2 Å². The molecule has 25 heavy (non-hydrogen) atoms. The Morgan fingerprint density at radius 3 is 2.00 bits per heavy atom. The minimum atomic E-state index is -0.940. The van der Waals surface area contributed by atoms with Crippen molar-refractivity contribution in [3.63, 3.8) is 0 Å². The molecule has 0 bridgehead atoms. The number of rotatable bonds is 6. The maximum Gasteiger partial charge on any atom is 0.335 e. The third-order valence-electron chi connectivity index (χ3n) is 3.49. The first-order chi connectivity index (χ1) is 12.0. The minimum Gasteiger partial charge on any atom is -0.493 e. The van der Waals surface area contributed by atoms with Crippen molar-refractivity contribution in [2.24, 2.45) is 5.92 Å². The van der Waals surface area contributed by atoms with Gasteiger partial charge in [-0.3, -0.25) is 0 Å². The van der Waals surface area contributed by atoms with Crippen LogP contribution in [0.5, 0.6) is 5.75 Å². The van der Waals surface area contributed by atoms with Gasteiger partial charge < -0.3 is 9.84 Å². The minimum absolute atomic E-state index is 0.255. The van der Waals surface area contributed by atoms with E-state index < -0.39 is 5.97 Å². The average molecular weight is 354 g/mol. The largest absolute Gasteiger partial charge is 0.493 e. The van der Waals surface area contributed by atoms with Gasteiger partial charge in [-0.2, -0.15) is 0 Å². The highest BCUT2D eigenvalue weighted by molar-refractivity contribution is 7.17. The van der Waals surface area contributed by atoms with E-state index >= 15 is 0 Å². The SMILES string of the molecule is CC(C)COc1ccc(-c2nnc(-c3ccc(C(=O)O)cc3)s2)cc1. The molecular weight excluding hydrogens is 336 g/mol. The van der Waals surface area contributed by atoms with E-state index in [0.29, 0.717) is 12.5 Å². The maximum atomic E-state index is 10.9. The first-order valence-electron chi connectivity index (χ1n) is 7.93. The molecule has 0 amide bonds. The van der Waals surface area contributed by atoms with Gasteiger partial charge in [-0.25, -0.2) is 4.79 Å². The van der Waals surface area contributed by atoms with E-state index in [0.717, 1.165) is 26.9 Å². The van der Waals surface area contributed by atoms with Gasteiger partial charge in [0.1, 0.15) is 15.8 Å². The fourth-order valence-corrected chi connectivity index (χ4v) is 3.02. The first-order valence-corrected chi connectivity index (χ1v) is 8.75. The molecule has 1 aromatic heterocycles. The number of carboxylic acid groups (broad SMARTS) is 1. The molecule has 0 aliphatic rings. The number of benzene rings is 2. The lowest BCUT2D eigenvalue weighted by molar-refractivity contribution is 0.0697. The molecule has 0 unspecified atom stereocenters. The van der Waals surface area contributed by atoms with E-state index in [1.54, 1.807) is 24.3 Å². The second-order valence-corrected chi connectivity index (χ2v) is 7.00. The van der Waals surface area contributed by atoms with E-state index in [4.69, 9.17) is 9.84 Å². The second-order valence-electron chi connectivity index (χ2n) is 6.02. The number of ether oxygens (including phenoxy) is 1. The molecule has 3 rings (SSSR count). The van der Waals surface area contributed by atoms with Crippen molar-refractivity contribution in [1.82, 2.24) is 10.2 Å². The second kappa shape index (κ2) is 7.44. The van der Waals surface area contributed by atoms with Gasteiger partial charge in [0.25, 0.3) is 0 Å². The van der Waals surface area contributed by atoms with Crippen LogP contribution in [0.2, 0.25) is 0 Å². The fourth-order valence-electron chi connectivity index (χ4n) is 2.17. The van der Waals surface area contributed by atoms with Crippen molar-refractivity contribution in [3.8, 4) is 26.9 Å². The highest BCUT2D eigenvalue weighted by Gasteiger charge is 2.10. The standard InChI is InChI=1S/C19H18N2O3S/c1-12(2)11-24-16-9-7-14(8-10-16)18-21-20-17(25-18)13-3-5-15(6-4-13)19(22)23/h3-10,12H,11H2,1-2H3,(H,22,23). The molecule has 128 valence electrons. The Balaban J connectivity index is 1.75. The van der Waals surface area contributed by atoms with Gasteiger partial charge in [0.05, 0.1) is 12.2 Å². The van der Waals surface area contributed by atoms with E-state index in [1.165, 1.54) is 11.3 Å². The zero-order chi connectivity index (χ0) is 17.8. The molecule has 0 saturated carbocycles. The predicted octanol–water partition coefficient (Wildman–Crippen LogP) is 4.61. The summed E-state index contributed by atoms with van der Waals surface area (Å²) in [5, 5.41) is 19.0. The zero-order valence-corrected chi connectivity index (χ0v) is 14.8. The number of aromatic nitrogens is 2. The maximum absolute atomic E-state index is 10.9. The Kier molecular flexibility index (Phi) is 5.09. The molecule has 0 aliphatic carbocycles. The molecule has 6 heteroatoms. The molecule has 1 heterocycles. The number of carboxylic acids is 1. The Bertz CT molecular complexity index is 855. The van der Waals surface area contributed by atoms with Gasteiger partial charge in [-0.05, 0) is 42.3 Å². The number of aromatic carboxylic acids is 1. The van der Waals surface area contributed by atoms with E-state index in [1.807, 2.05) is 24.3 Å². The highest BCUT2D eigenvalue weighted by atomic mass is 32.1. The van der Waals surface area contributed by atoms with Gasteiger partial charge in [0.2, 0.25) is 0 Å². The van der Waals surface area contributed by atoms with Crippen LogP contribution >= 0.6 is 11.3 Å². The number of nitrogens with zero attached hydrogens (tertiary/aromatic N) is 2. The van der Waals surface area contributed by atoms with Crippen LogP contribution in [0.3, 0.4) is 0 Å². The molecule has 0 saturated heterocycles. The number of carbonyl (C=O) groups is 1. The van der Waals surface area contributed by atoms with Crippen molar-refractivity contribution < 1.29 is 14.6 Å². The Morgan fingerprint density at radius 1 is 1.00 bits per heavy atom. The summed E-state index contributed by atoms with van der Waals surface area (Å²) in [5.41, 5.74) is 2.08. The van der Waals surface area contributed by atoms with Crippen LogP contribution in [-0.4, -0.2) is 27.9 Å². The van der Waals surface area contributed by atoms with Crippen molar-refractivity contribution in [2.45, 2.75) is 13.8 Å². The zero-order valence-electron chi connectivity index (χ0n) is 14.0. The lowest BCUT2D eigenvalue weighted by Crippen LogP contribution is -2.04. The summed E-state index contributed by atoms with van der Waals surface area (Å²) in [4.78, 5) is 10.9. The van der Waals surface area contributed by atoms with Crippen molar-refractivity contribution in [2.75, 3.05) is 6.61 Å². The van der Waals surface area contributed by atoms with Crippen molar-refractivity contribution >= 4 is 17.3 Å². The summed E-state index contributed by atoms with van der Waals surface area (Å²) in [6, 6.07) is 14.4. The van der Waals surface area contributed by atoms with E-state index in [-0.39, 0.29) is 5.56 Å². The van der Waals surface area contributed by atoms with E-state index in [2.05, 4.69) is 24.0 Å². The molecule has 0 radical (unpaired) electrons. The van der Waals surface area contributed by atoms with E-state index in [9.17, 15) is 4.79 Å². The first kappa shape index (κ1) is 17.1. The third kappa shape index (κ3) is 4.22. The summed E-state index contributed by atoms with van der Waals surface area (Å²) < 4.78 is 5.68. The Labute approximate surface area is 149 Å². The van der Waals surface area contributed by atoms with Crippen molar-refractivity contribution in [1.29, 1.82) is 0 Å². The fraction of sp³-hybridized carbons (Fsp3) is 0.211. The molecule has 0 aliphatic heterocycles. The van der Waals surface area contributed by atoms with Crippen molar-refractivity contribution in [3.05, 3.63) is 54.1 Å². The summed E-state index contributed by atoms with van der Waals surface area (Å²) in [6.07, 6.45) is 0. The summed E-state index contributed by atoms with van der Waals surface area (Å²) >= 11 is 1.47. The van der Waals surface area contributed by atoms with Crippen LogP contribution in [0.1, 0.15) is 24.2 Å². The van der Waals surface area contributed by atoms with Crippen LogP contribution in [-0.2, 0) is 0 Å². The van der Waals surface area contributed by atoms with Gasteiger partial charge >= 0.3 is 5.97 Å². The molecule has 5 nitrogen and oxygen atoms in total. The quantitative estimate of drug-likeness (QED) is 0.700. The van der Waals surface area contributed by atoms with Crippen LogP contribution < -0.4 is 4.74 Å². The molecule has 0 spiro atoms. The average Bonchev–Trinajstić information content (AvgIpc) is 3.10.